The third-order valence-electron chi connectivity index (χ3n) is 4.94. The maximum Gasteiger partial charge on any atom is 0.254 e. The van der Waals surface area contributed by atoms with Gasteiger partial charge in [0.25, 0.3) is 5.91 Å². The molecule has 1 saturated carbocycles. The van der Waals surface area contributed by atoms with Crippen LogP contribution in [0.15, 0.2) is 16.0 Å². The summed E-state index contributed by atoms with van der Waals surface area (Å²) in [5, 5.41) is 5.84. The zero-order valence-corrected chi connectivity index (χ0v) is 14.1. The number of aromatic nitrogens is 2. The Morgan fingerprint density at radius 2 is 2.04 bits per heavy atom. The van der Waals surface area contributed by atoms with Crippen molar-refractivity contribution >= 4 is 17.2 Å². The normalized spacial score (nSPS) is 19.8. The van der Waals surface area contributed by atoms with E-state index in [0.717, 1.165) is 5.56 Å². The fraction of sp³-hybridized carbons (Fsp3) is 0.588. The van der Waals surface area contributed by atoms with Crippen LogP contribution in [0.3, 0.4) is 0 Å². The molecule has 0 N–H and O–H groups in total. The maximum atomic E-state index is 12.6. The Morgan fingerprint density at radius 3 is 2.74 bits per heavy atom. The van der Waals surface area contributed by atoms with Gasteiger partial charge in [0.15, 0.2) is 5.82 Å². The quantitative estimate of drug-likeness (QED) is 0.860. The standard InChI is InChI=1S/C17H21N3O2S/c1-11-18-16(22-19-11)14-8-20(9-14)17(21)13-7-15(23-10-13)12-5-3-2-4-6-12/h7,10,12,14H,2-6,8-9H2,1H3. The Balaban J connectivity index is 1.37. The smallest absolute Gasteiger partial charge is 0.254 e. The van der Waals surface area contributed by atoms with E-state index in [0.29, 0.717) is 30.7 Å². The molecule has 0 radical (unpaired) electrons. The molecule has 0 bridgehead atoms. The second kappa shape index (κ2) is 6.07. The molecule has 0 aromatic carbocycles. The summed E-state index contributed by atoms with van der Waals surface area (Å²) in [4.78, 5) is 20.1. The molecule has 0 spiro atoms. The van der Waals surface area contributed by atoms with Crippen LogP contribution >= 0.6 is 11.3 Å². The summed E-state index contributed by atoms with van der Waals surface area (Å²) in [5.74, 6) is 2.30. The number of hydrogen-bond acceptors (Lipinski definition) is 5. The highest BCUT2D eigenvalue weighted by Crippen LogP contribution is 2.36. The molecule has 122 valence electrons. The molecule has 1 saturated heterocycles. The van der Waals surface area contributed by atoms with Gasteiger partial charge in [0.1, 0.15) is 0 Å². The van der Waals surface area contributed by atoms with Crippen LogP contribution in [0.25, 0.3) is 0 Å². The van der Waals surface area contributed by atoms with Crippen molar-refractivity contribution in [2.24, 2.45) is 0 Å². The maximum absolute atomic E-state index is 12.6. The highest BCUT2D eigenvalue weighted by molar-refractivity contribution is 7.10. The van der Waals surface area contributed by atoms with Gasteiger partial charge >= 0.3 is 0 Å². The Bertz CT molecular complexity index is 696. The Labute approximate surface area is 139 Å². The van der Waals surface area contributed by atoms with Crippen molar-refractivity contribution in [1.29, 1.82) is 0 Å². The molecule has 2 aliphatic rings. The van der Waals surface area contributed by atoms with Crippen LogP contribution in [0.4, 0.5) is 0 Å². The highest BCUT2D eigenvalue weighted by Gasteiger charge is 2.36. The van der Waals surface area contributed by atoms with Gasteiger partial charge in [-0.05, 0) is 31.7 Å². The minimum Gasteiger partial charge on any atom is -0.339 e. The average Bonchev–Trinajstić information content (AvgIpc) is 3.16. The molecule has 1 aliphatic carbocycles. The summed E-state index contributed by atoms with van der Waals surface area (Å²) in [6, 6.07) is 2.12. The second-order valence-corrected chi connectivity index (χ2v) is 7.60. The number of amides is 1. The highest BCUT2D eigenvalue weighted by atomic mass is 32.1. The summed E-state index contributed by atoms with van der Waals surface area (Å²) in [6.45, 7) is 3.16. The zero-order valence-electron chi connectivity index (χ0n) is 13.3. The lowest BCUT2D eigenvalue weighted by molar-refractivity contribution is 0.0569. The molecule has 2 aromatic heterocycles. The van der Waals surface area contributed by atoms with E-state index in [2.05, 4.69) is 16.2 Å². The molecule has 2 aromatic rings. The third-order valence-corrected chi connectivity index (χ3v) is 6.03. The van der Waals surface area contributed by atoms with E-state index in [1.807, 2.05) is 17.2 Å². The predicted octanol–water partition coefficient (Wildman–Crippen LogP) is 3.73. The predicted molar refractivity (Wildman–Crippen MR) is 87.8 cm³/mol. The van der Waals surface area contributed by atoms with E-state index in [4.69, 9.17) is 4.52 Å². The Hall–Kier alpha value is -1.69. The summed E-state index contributed by atoms with van der Waals surface area (Å²) in [5.41, 5.74) is 0.843. The Kier molecular flexibility index (Phi) is 3.93. The molecule has 1 aliphatic heterocycles. The van der Waals surface area contributed by atoms with Crippen molar-refractivity contribution in [1.82, 2.24) is 15.0 Å². The number of carbonyl (C=O) groups excluding carboxylic acids is 1. The first-order chi connectivity index (χ1) is 11.2. The van der Waals surface area contributed by atoms with Crippen LogP contribution in [-0.2, 0) is 0 Å². The van der Waals surface area contributed by atoms with Gasteiger partial charge in [-0.25, -0.2) is 0 Å². The number of carbonyl (C=O) groups is 1. The first kappa shape index (κ1) is 14.9. The number of nitrogens with zero attached hydrogens (tertiary/aromatic N) is 3. The van der Waals surface area contributed by atoms with E-state index in [9.17, 15) is 4.79 Å². The number of hydrogen-bond donors (Lipinski definition) is 0. The fourth-order valence-electron chi connectivity index (χ4n) is 3.53. The molecule has 2 fully saturated rings. The van der Waals surface area contributed by atoms with Crippen LogP contribution in [-0.4, -0.2) is 34.0 Å². The van der Waals surface area contributed by atoms with Crippen LogP contribution in [0, 0.1) is 6.92 Å². The van der Waals surface area contributed by atoms with Gasteiger partial charge in [-0.15, -0.1) is 11.3 Å². The summed E-state index contributed by atoms with van der Waals surface area (Å²) >= 11 is 1.75. The monoisotopic (exact) mass is 331 g/mol. The lowest BCUT2D eigenvalue weighted by Gasteiger charge is -2.36. The van der Waals surface area contributed by atoms with Crippen molar-refractivity contribution in [2.45, 2.75) is 50.9 Å². The van der Waals surface area contributed by atoms with E-state index < -0.39 is 0 Å². The molecule has 5 nitrogen and oxygen atoms in total. The van der Waals surface area contributed by atoms with Gasteiger partial charge in [0.05, 0.1) is 11.5 Å². The lowest BCUT2D eigenvalue weighted by atomic mass is 9.88. The number of likely N-dealkylation sites (tertiary alicyclic amines) is 1. The van der Waals surface area contributed by atoms with Crippen molar-refractivity contribution in [2.75, 3.05) is 13.1 Å². The van der Waals surface area contributed by atoms with Crippen LogP contribution in [0.5, 0.6) is 0 Å². The van der Waals surface area contributed by atoms with E-state index in [1.54, 1.807) is 11.3 Å². The van der Waals surface area contributed by atoms with Gasteiger partial charge in [0.2, 0.25) is 5.89 Å². The van der Waals surface area contributed by atoms with Gasteiger partial charge in [-0.2, -0.15) is 4.98 Å². The molecule has 1 amide bonds. The fourth-order valence-corrected chi connectivity index (χ4v) is 4.58. The average molecular weight is 331 g/mol. The molecule has 6 heteroatoms. The minimum atomic E-state index is 0.135. The molecule has 23 heavy (non-hydrogen) atoms. The lowest BCUT2D eigenvalue weighted by Crippen LogP contribution is -2.48. The van der Waals surface area contributed by atoms with Crippen LogP contribution < -0.4 is 0 Å². The zero-order chi connectivity index (χ0) is 15.8. The van der Waals surface area contributed by atoms with E-state index in [1.165, 1.54) is 37.0 Å². The van der Waals surface area contributed by atoms with Crippen LogP contribution in [0.2, 0.25) is 0 Å². The van der Waals surface area contributed by atoms with Gasteiger partial charge in [-0.3, -0.25) is 4.79 Å². The third kappa shape index (κ3) is 2.92. The van der Waals surface area contributed by atoms with Gasteiger partial charge < -0.3 is 9.42 Å². The summed E-state index contributed by atoms with van der Waals surface area (Å²) in [6.07, 6.45) is 6.55. The van der Waals surface area contributed by atoms with Crippen molar-refractivity contribution in [3.8, 4) is 0 Å². The van der Waals surface area contributed by atoms with E-state index in [-0.39, 0.29) is 11.8 Å². The Morgan fingerprint density at radius 1 is 1.26 bits per heavy atom. The first-order valence-electron chi connectivity index (χ1n) is 8.38. The van der Waals surface area contributed by atoms with Crippen molar-refractivity contribution in [3.63, 3.8) is 0 Å². The minimum absolute atomic E-state index is 0.135. The molecular weight excluding hydrogens is 310 g/mol. The molecule has 3 heterocycles. The SMILES string of the molecule is Cc1noc(C2CN(C(=O)c3csc(C4CCCCC4)c3)C2)n1. The molecule has 0 unspecified atom stereocenters. The van der Waals surface area contributed by atoms with Gasteiger partial charge in [0, 0.05) is 23.3 Å². The second-order valence-electron chi connectivity index (χ2n) is 6.66. The topological polar surface area (TPSA) is 59.2 Å². The number of rotatable bonds is 3. The number of thiophene rings is 1. The summed E-state index contributed by atoms with van der Waals surface area (Å²) in [7, 11) is 0. The van der Waals surface area contributed by atoms with Crippen molar-refractivity contribution < 1.29 is 9.32 Å². The van der Waals surface area contributed by atoms with Crippen molar-refractivity contribution in [3.05, 3.63) is 33.6 Å². The van der Waals surface area contributed by atoms with Crippen LogP contribution in [0.1, 0.15) is 70.9 Å². The first-order valence-corrected chi connectivity index (χ1v) is 9.26. The van der Waals surface area contributed by atoms with Gasteiger partial charge in [-0.1, -0.05) is 24.4 Å². The molecular formula is C17H21N3O2S. The summed E-state index contributed by atoms with van der Waals surface area (Å²) < 4.78 is 5.19. The molecule has 4 rings (SSSR count). The van der Waals surface area contributed by atoms with E-state index >= 15 is 0 Å². The largest absolute Gasteiger partial charge is 0.339 e. The molecule has 0 atom stereocenters. The number of aryl methyl sites for hydroxylation is 1.